The third kappa shape index (κ3) is 3.58. The van der Waals surface area contributed by atoms with E-state index in [2.05, 4.69) is 20.4 Å². The quantitative estimate of drug-likeness (QED) is 0.742. The molecule has 1 aromatic carbocycles. The van der Waals surface area contributed by atoms with Crippen molar-refractivity contribution in [2.24, 2.45) is 0 Å². The van der Waals surface area contributed by atoms with E-state index < -0.39 is 12.0 Å². The Morgan fingerprint density at radius 1 is 1.22 bits per heavy atom. The zero-order valence-electron chi connectivity index (χ0n) is 12.1. The van der Waals surface area contributed by atoms with Crippen LogP contribution < -0.4 is 5.32 Å². The van der Waals surface area contributed by atoms with Crippen molar-refractivity contribution < 1.29 is 14.4 Å². The lowest BCUT2D eigenvalue weighted by molar-refractivity contribution is 0.0873. The van der Waals surface area contributed by atoms with Crippen LogP contribution in [0.3, 0.4) is 0 Å². The van der Waals surface area contributed by atoms with E-state index in [1.807, 2.05) is 18.2 Å². The highest BCUT2D eigenvalue weighted by Gasteiger charge is 2.17. The molecule has 0 aliphatic rings. The third-order valence-corrected chi connectivity index (χ3v) is 3.18. The lowest BCUT2D eigenvalue weighted by Gasteiger charge is -2.10. The van der Waals surface area contributed by atoms with Gasteiger partial charge in [0, 0.05) is 24.5 Å². The fourth-order valence-corrected chi connectivity index (χ4v) is 1.99. The van der Waals surface area contributed by atoms with Crippen LogP contribution in [-0.4, -0.2) is 32.7 Å². The minimum Gasteiger partial charge on any atom is -0.387 e. The number of aromatic nitrogens is 3. The number of pyridine rings is 1. The van der Waals surface area contributed by atoms with Crippen molar-refractivity contribution in [3.05, 3.63) is 66.3 Å². The Balaban J connectivity index is 1.62. The van der Waals surface area contributed by atoms with Crippen LogP contribution in [0.1, 0.15) is 22.4 Å². The second-order valence-corrected chi connectivity index (χ2v) is 4.80. The summed E-state index contributed by atoms with van der Waals surface area (Å²) in [5.41, 5.74) is 1.37. The summed E-state index contributed by atoms with van der Waals surface area (Å²) in [6, 6.07) is 12.6. The van der Waals surface area contributed by atoms with Crippen LogP contribution in [0.15, 0.2) is 59.4 Å². The molecule has 1 amide bonds. The highest BCUT2D eigenvalue weighted by Crippen LogP contribution is 2.14. The monoisotopic (exact) mass is 310 g/mol. The summed E-state index contributed by atoms with van der Waals surface area (Å²) in [6.07, 6.45) is 2.40. The van der Waals surface area contributed by atoms with Gasteiger partial charge in [0.2, 0.25) is 5.82 Å². The van der Waals surface area contributed by atoms with E-state index >= 15 is 0 Å². The molecule has 23 heavy (non-hydrogen) atoms. The first-order valence-electron chi connectivity index (χ1n) is 6.99. The van der Waals surface area contributed by atoms with Crippen LogP contribution in [-0.2, 0) is 0 Å². The number of carbonyl (C=O) groups is 1. The molecule has 1 atom stereocenters. The normalized spacial score (nSPS) is 11.9. The van der Waals surface area contributed by atoms with Crippen molar-refractivity contribution >= 4 is 5.91 Å². The van der Waals surface area contributed by atoms with Gasteiger partial charge >= 0.3 is 11.8 Å². The summed E-state index contributed by atoms with van der Waals surface area (Å²) < 4.78 is 4.94. The van der Waals surface area contributed by atoms with Crippen molar-refractivity contribution in [2.75, 3.05) is 6.54 Å². The zero-order chi connectivity index (χ0) is 16.1. The maximum absolute atomic E-state index is 12.0. The number of amides is 1. The standard InChI is InChI=1S/C16H14N4O3/c21-13(11-5-2-1-3-6-11)10-18-15(22)16-19-14(20-23-16)12-7-4-8-17-9-12/h1-9,13,21H,10H2,(H,18,22). The van der Waals surface area contributed by atoms with E-state index in [4.69, 9.17) is 4.52 Å². The van der Waals surface area contributed by atoms with Gasteiger partial charge in [-0.25, -0.2) is 0 Å². The molecule has 0 spiro atoms. The zero-order valence-corrected chi connectivity index (χ0v) is 12.1. The maximum Gasteiger partial charge on any atom is 0.316 e. The fourth-order valence-electron chi connectivity index (χ4n) is 1.99. The Morgan fingerprint density at radius 3 is 2.78 bits per heavy atom. The lowest BCUT2D eigenvalue weighted by atomic mass is 10.1. The van der Waals surface area contributed by atoms with Gasteiger partial charge in [0.25, 0.3) is 0 Å². The summed E-state index contributed by atoms with van der Waals surface area (Å²) in [5.74, 6) is -0.418. The molecule has 0 radical (unpaired) electrons. The first kappa shape index (κ1) is 14.9. The van der Waals surface area contributed by atoms with Gasteiger partial charge in [-0.05, 0) is 17.7 Å². The van der Waals surface area contributed by atoms with Crippen molar-refractivity contribution in [3.8, 4) is 11.4 Å². The number of benzene rings is 1. The van der Waals surface area contributed by atoms with Gasteiger partial charge in [-0.2, -0.15) is 4.98 Å². The number of carbonyl (C=O) groups excluding carboxylic acids is 1. The van der Waals surface area contributed by atoms with Crippen LogP contribution in [0.2, 0.25) is 0 Å². The Morgan fingerprint density at radius 2 is 2.04 bits per heavy atom. The SMILES string of the molecule is O=C(NCC(O)c1ccccc1)c1nc(-c2cccnc2)no1. The van der Waals surface area contributed by atoms with Crippen LogP contribution in [0, 0.1) is 0 Å². The van der Waals surface area contributed by atoms with E-state index in [1.54, 1.807) is 36.7 Å². The molecule has 0 saturated heterocycles. The van der Waals surface area contributed by atoms with Crippen molar-refractivity contribution in [1.82, 2.24) is 20.4 Å². The van der Waals surface area contributed by atoms with Gasteiger partial charge in [-0.3, -0.25) is 9.78 Å². The molecule has 3 rings (SSSR count). The smallest absolute Gasteiger partial charge is 0.316 e. The van der Waals surface area contributed by atoms with Gasteiger partial charge in [-0.15, -0.1) is 0 Å². The van der Waals surface area contributed by atoms with Gasteiger partial charge in [0.05, 0.1) is 6.10 Å². The van der Waals surface area contributed by atoms with Crippen molar-refractivity contribution in [1.29, 1.82) is 0 Å². The van der Waals surface area contributed by atoms with Crippen LogP contribution >= 0.6 is 0 Å². The number of aliphatic hydroxyl groups excluding tert-OH is 1. The predicted molar refractivity (Wildman–Crippen MR) is 81.3 cm³/mol. The molecule has 116 valence electrons. The summed E-state index contributed by atoms with van der Waals surface area (Å²) >= 11 is 0. The molecule has 3 aromatic rings. The number of aliphatic hydroxyl groups is 1. The van der Waals surface area contributed by atoms with Crippen LogP contribution in [0.5, 0.6) is 0 Å². The molecule has 0 saturated carbocycles. The highest BCUT2D eigenvalue weighted by atomic mass is 16.5. The molecular formula is C16H14N4O3. The second kappa shape index (κ2) is 6.80. The van der Waals surface area contributed by atoms with E-state index in [9.17, 15) is 9.90 Å². The number of rotatable bonds is 5. The topological polar surface area (TPSA) is 101 Å². The maximum atomic E-state index is 12.0. The average molecular weight is 310 g/mol. The summed E-state index contributed by atoms with van der Waals surface area (Å²) in [7, 11) is 0. The van der Waals surface area contributed by atoms with E-state index in [0.717, 1.165) is 5.56 Å². The Kier molecular flexibility index (Phi) is 4.39. The minimum atomic E-state index is -0.805. The molecule has 2 heterocycles. The molecule has 0 aliphatic heterocycles. The molecule has 7 heteroatoms. The third-order valence-electron chi connectivity index (χ3n) is 3.18. The minimum absolute atomic E-state index is 0.0491. The van der Waals surface area contributed by atoms with E-state index in [-0.39, 0.29) is 18.3 Å². The number of hydrogen-bond acceptors (Lipinski definition) is 6. The fraction of sp³-hybridized carbons (Fsp3) is 0.125. The van der Waals surface area contributed by atoms with Crippen LogP contribution in [0.4, 0.5) is 0 Å². The summed E-state index contributed by atoms with van der Waals surface area (Å²) in [5, 5.41) is 16.3. The Bertz CT molecular complexity index is 774. The first-order chi connectivity index (χ1) is 11.2. The molecule has 2 aromatic heterocycles. The van der Waals surface area contributed by atoms with Gasteiger partial charge in [-0.1, -0.05) is 35.5 Å². The summed E-state index contributed by atoms with van der Waals surface area (Å²) in [6.45, 7) is 0.0491. The molecular weight excluding hydrogens is 296 g/mol. The molecule has 1 unspecified atom stereocenters. The Hall–Kier alpha value is -3.06. The molecule has 0 bridgehead atoms. The van der Waals surface area contributed by atoms with E-state index in [1.165, 1.54) is 0 Å². The highest BCUT2D eigenvalue weighted by molar-refractivity contribution is 5.89. The Labute approximate surface area is 132 Å². The number of hydrogen-bond donors (Lipinski definition) is 2. The second-order valence-electron chi connectivity index (χ2n) is 4.80. The average Bonchev–Trinajstić information content (AvgIpc) is 3.11. The lowest BCUT2D eigenvalue weighted by Crippen LogP contribution is -2.28. The predicted octanol–water partition coefficient (Wildman–Crippen LogP) is 1.59. The largest absolute Gasteiger partial charge is 0.387 e. The van der Waals surface area contributed by atoms with Gasteiger partial charge < -0.3 is 14.9 Å². The van der Waals surface area contributed by atoms with Crippen LogP contribution in [0.25, 0.3) is 11.4 Å². The molecule has 0 aliphatic carbocycles. The first-order valence-corrected chi connectivity index (χ1v) is 6.99. The summed E-state index contributed by atoms with van der Waals surface area (Å²) in [4.78, 5) is 20.0. The number of nitrogens with one attached hydrogen (secondary N) is 1. The van der Waals surface area contributed by atoms with Gasteiger partial charge in [0.15, 0.2) is 0 Å². The van der Waals surface area contributed by atoms with Gasteiger partial charge in [0.1, 0.15) is 0 Å². The molecule has 0 fully saturated rings. The molecule has 2 N–H and O–H groups in total. The van der Waals surface area contributed by atoms with Crippen molar-refractivity contribution in [2.45, 2.75) is 6.10 Å². The number of nitrogens with zero attached hydrogens (tertiary/aromatic N) is 3. The van der Waals surface area contributed by atoms with E-state index in [0.29, 0.717) is 5.56 Å². The van der Waals surface area contributed by atoms with Crippen molar-refractivity contribution in [3.63, 3.8) is 0 Å². The molecule has 7 nitrogen and oxygen atoms in total.